The summed E-state index contributed by atoms with van der Waals surface area (Å²) >= 11 is 0. The molecule has 0 heterocycles. The standard InChI is InChI=1S/C23H24O2/c1-14-5-6-15(2)20(11-14)23(18-7-9-21(24)16(3)12-18)19-8-10-22(25)17(4)13-19/h5-13,23-25H,1-4H3. The Balaban J connectivity index is 2.25. The van der Waals surface area contributed by atoms with Crippen LogP contribution in [0.2, 0.25) is 0 Å². The van der Waals surface area contributed by atoms with Crippen LogP contribution in [0.1, 0.15) is 44.9 Å². The fraction of sp³-hybridized carbons (Fsp3) is 0.217. The van der Waals surface area contributed by atoms with Crippen LogP contribution in [0, 0.1) is 27.7 Å². The molecule has 0 saturated heterocycles. The average molecular weight is 332 g/mol. The molecule has 0 aliphatic rings. The van der Waals surface area contributed by atoms with Crippen LogP contribution in [0.3, 0.4) is 0 Å². The fourth-order valence-electron chi connectivity index (χ4n) is 3.34. The van der Waals surface area contributed by atoms with E-state index in [1.165, 1.54) is 16.7 Å². The molecule has 0 atom stereocenters. The van der Waals surface area contributed by atoms with Gasteiger partial charge in [-0.25, -0.2) is 0 Å². The Morgan fingerprint density at radius 2 is 1.12 bits per heavy atom. The molecule has 2 heteroatoms. The van der Waals surface area contributed by atoms with Gasteiger partial charge in [-0.15, -0.1) is 0 Å². The first kappa shape index (κ1) is 17.1. The van der Waals surface area contributed by atoms with Crippen LogP contribution in [0.25, 0.3) is 0 Å². The van der Waals surface area contributed by atoms with Gasteiger partial charge in [0.15, 0.2) is 0 Å². The van der Waals surface area contributed by atoms with E-state index in [0.717, 1.165) is 22.3 Å². The van der Waals surface area contributed by atoms with E-state index in [1.807, 2.05) is 38.1 Å². The second-order valence-corrected chi connectivity index (χ2v) is 6.88. The maximum atomic E-state index is 9.91. The molecule has 0 radical (unpaired) electrons. The molecule has 0 bridgehead atoms. The minimum absolute atomic E-state index is 0.0542. The fourth-order valence-corrected chi connectivity index (χ4v) is 3.34. The predicted molar refractivity (Wildman–Crippen MR) is 103 cm³/mol. The second-order valence-electron chi connectivity index (χ2n) is 6.88. The van der Waals surface area contributed by atoms with Crippen LogP contribution < -0.4 is 0 Å². The first-order chi connectivity index (χ1) is 11.9. The van der Waals surface area contributed by atoms with Gasteiger partial charge in [0.2, 0.25) is 0 Å². The first-order valence-corrected chi connectivity index (χ1v) is 8.53. The van der Waals surface area contributed by atoms with E-state index >= 15 is 0 Å². The highest BCUT2D eigenvalue weighted by Crippen LogP contribution is 2.37. The van der Waals surface area contributed by atoms with E-state index in [-0.39, 0.29) is 5.92 Å². The Morgan fingerprint density at radius 1 is 0.600 bits per heavy atom. The summed E-state index contributed by atoms with van der Waals surface area (Å²) in [6.45, 7) is 8.06. The number of phenols is 2. The summed E-state index contributed by atoms with van der Waals surface area (Å²) in [6, 6.07) is 18.1. The average Bonchev–Trinajstić information content (AvgIpc) is 2.57. The summed E-state index contributed by atoms with van der Waals surface area (Å²) in [6.07, 6.45) is 0. The van der Waals surface area contributed by atoms with Crippen molar-refractivity contribution in [2.45, 2.75) is 33.6 Å². The summed E-state index contributed by atoms with van der Waals surface area (Å²) in [5, 5.41) is 19.8. The third-order valence-electron chi connectivity index (χ3n) is 4.85. The van der Waals surface area contributed by atoms with E-state index in [2.05, 4.69) is 32.0 Å². The lowest BCUT2D eigenvalue weighted by Crippen LogP contribution is -2.06. The van der Waals surface area contributed by atoms with Gasteiger partial charge in [0.1, 0.15) is 11.5 Å². The molecule has 0 spiro atoms. The third kappa shape index (κ3) is 3.39. The zero-order valence-electron chi connectivity index (χ0n) is 15.2. The first-order valence-electron chi connectivity index (χ1n) is 8.53. The molecule has 0 aliphatic carbocycles. The van der Waals surface area contributed by atoms with E-state index in [0.29, 0.717) is 11.5 Å². The topological polar surface area (TPSA) is 40.5 Å². The molecule has 0 fully saturated rings. The highest BCUT2D eigenvalue weighted by Gasteiger charge is 2.20. The van der Waals surface area contributed by atoms with Crippen LogP contribution in [-0.4, -0.2) is 10.2 Å². The van der Waals surface area contributed by atoms with Crippen LogP contribution in [0.4, 0.5) is 0 Å². The molecule has 0 saturated carbocycles. The van der Waals surface area contributed by atoms with Gasteiger partial charge >= 0.3 is 0 Å². The Kier molecular flexibility index (Phi) is 4.54. The zero-order valence-corrected chi connectivity index (χ0v) is 15.2. The number of aromatic hydroxyl groups is 2. The molecule has 3 aromatic rings. The number of hydrogen-bond acceptors (Lipinski definition) is 2. The number of aryl methyl sites for hydroxylation is 4. The number of hydrogen-bond donors (Lipinski definition) is 2. The molecule has 3 rings (SSSR count). The van der Waals surface area contributed by atoms with Crippen molar-refractivity contribution < 1.29 is 10.2 Å². The monoisotopic (exact) mass is 332 g/mol. The van der Waals surface area contributed by atoms with Gasteiger partial charge in [-0.1, -0.05) is 48.0 Å². The Bertz CT molecular complexity index is 874. The predicted octanol–water partition coefficient (Wildman–Crippen LogP) is 5.51. The van der Waals surface area contributed by atoms with Gasteiger partial charge in [0.05, 0.1) is 0 Å². The van der Waals surface area contributed by atoms with Gasteiger partial charge in [0.25, 0.3) is 0 Å². The van der Waals surface area contributed by atoms with E-state index in [9.17, 15) is 10.2 Å². The summed E-state index contributed by atoms with van der Waals surface area (Å²) in [4.78, 5) is 0. The quantitative estimate of drug-likeness (QED) is 0.621. The number of phenolic OH excluding ortho intramolecular Hbond substituents is 2. The molecular formula is C23H24O2. The summed E-state index contributed by atoms with van der Waals surface area (Å²) in [5.74, 6) is 0.675. The van der Waals surface area contributed by atoms with E-state index in [4.69, 9.17) is 0 Å². The summed E-state index contributed by atoms with van der Waals surface area (Å²) in [7, 11) is 0. The van der Waals surface area contributed by atoms with Gasteiger partial charge in [0, 0.05) is 5.92 Å². The van der Waals surface area contributed by atoms with Gasteiger partial charge in [-0.3, -0.25) is 0 Å². The van der Waals surface area contributed by atoms with Gasteiger partial charge in [-0.2, -0.15) is 0 Å². The Hall–Kier alpha value is -2.74. The van der Waals surface area contributed by atoms with Crippen molar-refractivity contribution in [1.29, 1.82) is 0 Å². The maximum Gasteiger partial charge on any atom is 0.118 e. The minimum Gasteiger partial charge on any atom is -0.508 e. The van der Waals surface area contributed by atoms with Crippen LogP contribution >= 0.6 is 0 Å². The van der Waals surface area contributed by atoms with Gasteiger partial charge < -0.3 is 10.2 Å². The molecule has 0 unspecified atom stereocenters. The summed E-state index contributed by atoms with van der Waals surface area (Å²) < 4.78 is 0. The van der Waals surface area contributed by atoms with E-state index < -0.39 is 0 Å². The van der Waals surface area contributed by atoms with Crippen LogP contribution in [-0.2, 0) is 0 Å². The molecule has 25 heavy (non-hydrogen) atoms. The Labute approximate surface area is 149 Å². The third-order valence-corrected chi connectivity index (χ3v) is 4.85. The summed E-state index contributed by atoms with van der Waals surface area (Å²) in [5.41, 5.74) is 7.69. The molecule has 128 valence electrons. The van der Waals surface area contributed by atoms with Crippen LogP contribution in [0.15, 0.2) is 54.6 Å². The van der Waals surface area contributed by atoms with Crippen molar-refractivity contribution in [1.82, 2.24) is 0 Å². The molecule has 0 aromatic heterocycles. The smallest absolute Gasteiger partial charge is 0.118 e. The van der Waals surface area contributed by atoms with Crippen LogP contribution in [0.5, 0.6) is 11.5 Å². The van der Waals surface area contributed by atoms with Crippen molar-refractivity contribution in [2.24, 2.45) is 0 Å². The SMILES string of the molecule is Cc1ccc(C)c(C(c2ccc(O)c(C)c2)c2ccc(O)c(C)c2)c1. The van der Waals surface area contributed by atoms with E-state index in [1.54, 1.807) is 12.1 Å². The molecule has 2 N–H and O–H groups in total. The molecule has 3 aromatic carbocycles. The normalized spacial score (nSPS) is 11.1. The molecule has 0 aliphatic heterocycles. The highest BCUT2D eigenvalue weighted by atomic mass is 16.3. The van der Waals surface area contributed by atoms with Crippen molar-refractivity contribution in [3.8, 4) is 11.5 Å². The van der Waals surface area contributed by atoms with Gasteiger partial charge in [-0.05, 0) is 73.2 Å². The lowest BCUT2D eigenvalue weighted by Gasteiger charge is -2.23. The highest BCUT2D eigenvalue weighted by molar-refractivity contribution is 5.51. The molecule has 0 amide bonds. The number of rotatable bonds is 3. The second kappa shape index (κ2) is 6.64. The lowest BCUT2D eigenvalue weighted by atomic mass is 9.81. The van der Waals surface area contributed by atoms with Crippen molar-refractivity contribution >= 4 is 0 Å². The van der Waals surface area contributed by atoms with Crippen molar-refractivity contribution in [2.75, 3.05) is 0 Å². The molecule has 2 nitrogen and oxygen atoms in total. The Morgan fingerprint density at radius 3 is 1.60 bits per heavy atom. The lowest BCUT2D eigenvalue weighted by molar-refractivity contribution is 0.470. The largest absolute Gasteiger partial charge is 0.508 e. The van der Waals surface area contributed by atoms with Crippen molar-refractivity contribution in [3.05, 3.63) is 93.5 Å². The maximum absolute atomic E-state index is 9.91. The zero-order chi connectivity index (χ0) is 18.1. The number of benzene rings is 3. The minimum atomic E-state index is 0.0542. The molecular weight excluding hydrogens is 308 g/mol. The van der Waals surface area contributed by atoms with Crippen molar-refractivity contribution in [3.63, 3.8) is 0 Å².